The lowest BCUT2D eigenvalue weighted by Gasteiger charge is -2.27. The summed E-state index contributed by atoms with van der Waals surface area (Å²) in [5, 5.41) is 12.4. The lowest BCUT2D eigenvalue weighted by Crippen LogP contribution is -2.38. The largest absolute Gasteiger partial charge is 0.480 e. The SMILES string of the molecule is O=C(O)C(NC1CCCCC1)c1cc(Br)ccc1F. The lowest BCUT2D eigenvalue weighted by atomic mass is 9.94. The number of nitrogens with one attached hydrogen (secondary N) is 1. The van der Waals surface area contributed by atoms with E-state index in [0.29, 0.717) is 4.47 Å². The first-order valence-corrected chi connectivity index (χ1v) is 7.31. The molecule has 1 unspecified atom stereocenters. The second kappa shape index (κ2) is 6.48. The predicted molar refractivity (Wildman–Crippen MR) is 74.5 cm³/mol. The van der Waals surface area contributed by atoms with Gasteiger partial charge < -0.3 is 5.11 Å². The molecule has 3 nitrogen and oxygen atoms in total. The third kappa shape index (κ3) is 3.76. The third-order valence-electron chi connectivity index (χ3n) is 3.52. The molecule has 0 spiro atoms. The standard InChI is InChI=1S/C14H17BrFNO2/c15-9-6-7-12(16)11(8-9)13(14(18)19)17-10-4-2-1-3-5-10/h6-8,10,13,17H,1-5H2,(H,18,19). The second-order valence-corrected chi connectivity index (χ2v) is 5.85. The lowest BCUT2D eigenvalue weighted by molar-refractivity contribution is -0.140. The molecule has 19 heavy (non-hydrogen) atoms. The number of aliphatic carboxylic acids is 1. The molecule has 0 heterocycles. The summed E-state index contributed by atoms with van der Waals surface area (Å²) in [6.07, 6.45) is 5.32. The van der Waals surface area contributed by atoms with Gasteiger partial charge in [0, 0.05) is 16.1 Å². The van der Waals surface area contributed by atoms with Crippen molar-refractivity contribution in [1.29, 1.82) is 0 Å². The highest BCUT2D eigenvalue weighted by Crippen LogP contribution is 2.25. The van der Waals surface area contributed by atoms with Crippen LogP contribution in [-0.4, -0.2) is 17.1 Å². The molecule has 0 radical (unpaired) electrons. The number of carboxylic acids is 1. The maximum Gasteiger partial charge on any atom is 0.325 e. The van der Waals surface area contributed by atoms with Crippen LogP contribution in [0.4, 0.5) is 4.39 Å². The van der Waals surface area contributed by atoms with E-state index in [-0.39, 0.29) is 11.6 Å². The predicted octanol–water partition coefficient (Wildman–Crippen LogP) is 3.64. The van der Waals surface area contributed by atoms with Gasteiger partial charge in [0.15, 0.2) is 0 Å². The highest BCUT2D eigenvalue weighted by molar-refractivity contribution is 9.10. The van der Waals surface area contributed by atoms with Crippen LogP contribution in [0.25, 0.3) is 0 Å². The molecule has 1 aliphatic carbocycles. The maximum atomic E-state index is 13.8. The minimum atomic E-state index is -1.04. The molecule has 2 rings (SSSR count). The molecule has 1 aromatic carbocycles. The molecule has 1 aliphatic rings. The average molecular weight is 330 g/mol. The maximum absolute atomic E-state index is 13.8. The van der Waals surface area contributed by atoms with E-state index in [1.54, 1.807) is 6.07 Å². The van der Waals surface area contributed by atoms with Crippen molar-refractivity contribution in [2.45, 2.75) is 44.2 Å². The molecule has 1 atom stereocenters. The fraction of sp³-hybridized carbons (Fsp3) is 0.500. The second-order valence-electron chi connectivity index (χ2n) is 4.94. The molecule has 5 heteroatoms. The summed E-state index contributed by atoms with van der Waals surface area (Å²) in [4.78, 5) is 11.4. The summed E-state index contributed by atoms with van der Waals surface area (Å²) in [6.45, 7) is 0. The molecule has 0 bridgehead atoms. The summed E-state index contributed by atoms with van der Waals surface area (Å²) in [5.74, 6) is -1.53. The Morgan fingerprint density at radius 2 is 2.05 bits per heavy atom. The highest BCUT2D eigenvalue weighted by Gasteiger charge is 2.26. The van der Waals surface area contributed by atoms with Crippen molar-refractivity contribution in [1.82, 2.24) is 5.32 Å². The van der Waals surface area contributed by atoms with Gasteiger partial charge in [-0.1, -0.05) is 35.2 Å². The minimum absolute atomic E-state index is 0.160. The van der Waals surface area contributed by atoms with Crippen LogP contribution < -0.4 is 5.32 Å². The Bertz CT molecular complexity index is 461. The van der Waals surface area contributed by atoms with Crippen molar-refractivity contribution in [3.63, 3.8) is 0 Å². The van der Waals surface area contributed by atoms with E-state index in [1.165, 1.54) is 18.6 Å². The van der Waals surface area contributed by atoms with Gasteiger partial charge in [0.25, 0.3) is 0 Å². The Hall–Kier alpha value is -0.940. The Kier molecular flexibility index (Phi) is 4.93. The van der Waals surface area contributed by atoms with Crippen molar-refractivity contribution in [2.24, 2.45) is 0 Å². The van der Waals surface area contributed by atoms with Gasteiger partial charge in [-0.25, -0.2) is 4.39 Å². The van der Waals surface area contributed by atoms with Crippen LogP contribution in [0.3, 0.4) is 0 Å². The number of carbonyl (C=O) groups is 1. The summed E-state index contributed by atoms with van der Waals surface area (Å²) >= 11 is 3.25. The fourth-order valence-corrected chi connectivity index (χ4v) is 2.91. The molecule has 0 saturated heterocycles. The number of rotatable bonds is 4. The molecule has 1 fully saturated rings. The van der Waals surface area contributed by atoms with Crippen LogP contribution in [0.15, 0.2) is 22.7 Å². The highest BCUT2D eigenvalue weighted by atomic mass is 79.9. The van der Waals surface area contributed by atoms with E-state index in [1.807, 2.05) is 0 Å². The first-order chi connectivity index (χ1) is 9.08. The summed E-state index contributed by atoms with van der Waals surface area (Å²) in [6, 6.07) is 3.56. The first-order valence-electron chi connectivity index (χ1n) is 6.51. The van der Waals surface area contributed by atoms with Crippen LogP contribution in [0.5, 0.6) is 0 Å². The zero-order chi connectivity index (χ0) is 13.8. The molecule has 0 aromatic heterocycles. The van der Waals surface area contributed by atoms with Gasteiger partial charge in [-0.3, -0.25) is 10.1 Å². The van der Waals surface area contributed by atoms with Crippen molar-refractivity contribution in [2.75, 3.05) is 0 Å². The normalized spacial score (nSPS) is 18.2. The van der Waals surface area contributed by atoms with E-state index < -0.39 is 17.8 Å². The monoisotopic (exact) mass is 329 g/mol. The van der Waals surface area contributed by atoms with Crippen molar-refractivity contribution in [3.05, 3.63) is 34.1 Å². The van der Waals surface area contributed by atoms with E-state index in [2.05, 4.69) is 21.2 Å². The quantitative estimate of drug-likeness (QED) is 0.886. The molecule has 1 aromatic rings. The van der Waals surface area contributed by atoms with Gasteiger partial charge in [-0.2, -0.15) is 0 Å². The molecular formula is C14H17BrFNO2. The minimum Gasteiger partial charge on any atom is -0.480 e. The van der Waals surface area contributed by atoms with Crippen LogP contribution in [0, 0.1) is 5.82 Å². The summed E-state index contributed by atoms with van der Waals surface area (Å²) in [7, 11) is 0. The van der Waals surface area contributed by atoms with E-state index in [9.17, 15) is 14.3 Å². The Morgan fingerprint density at radius 1 is 1.37 bits per heavy atom. The van der Waals surface area contributed by atoms with Crippen molar-refractivity contribution in [3.8, 4) is 0 Å². The van der Waals surface area contributed by atoms with Crippen LogP contribution in [0.1, 0.15) is 43.7 Å². The smallest absolute Gasteiger partial charge is 0.325 e. The molecule has 2 N–H and O–H groups in total. The number of hydrogen-bond acceptors (Lipinski definition) is 2. The van der Waals surface area contributed by atoms with Crippen LogP contribution in [-0.2, 0) is 4.79 Å². The van der Waals surface area contributed by atoms with E-state index in [4.69, 9.17) is 0 Å². The van der Waals surface area contributed by atoms with Gasteiger partial charge in [0.1, 0.15) is 11.9 Å². The average Bonchev–Trinajstić information content (AvgIpc) is 2.40. The summed E-state index contributed by atoms with van der Waals surface area (Å²) < 4.78 is 14.5. The molecule has 0 aliphatic heterocycles. The van der Waals surface area contributed by atoms with Crippen LogP contribution in [0.2, 0.25) is 0 Å². The first kappa shape index (κ1) is 14.5. The van der Waals surface area contributed by atoms with Gasteiger partial charge in [-0.05, 0) is 31.0 Å². The van der Waals surface area contributed by atoms with Gasteiger partial charge in [0.2, 0.25) is 0 Å². The van der Waals surface area contributed by atoms with Gasteiger partial charge in [-0.15, -0.1) is 0 Å². The zero-order valence-corrected chi connectivity index (χ0v) is 12.1. The molecule has 1 saturated carbocycles. The number of benzene rings is 1. The van der Waals surface area contributed by atoms with Gasteiger partial charge in [0.05, 0.1) is 0 Å². The van der Waals surface area contributed by atoms with Crippen LogP contribution >= 0.6 is 15.9 Å². The van der Waals surface area contributed by atoms with E-state index in [0.717, 1.165) is 25.7 Å². The summed E-state index contributed by atoms with van der Waals surface area (Å²) in [5.41, 5.74) is 0.187. The topological polar surface area (TPSA) is 49.3 Å². The number of halogens is 2. The van der Waals surface area contributed by atoms with Gasteiger partial charge >= 0.3 is 5.97 Å². The third-order valence-corrected chi connectivity index (χ3v) is 4.02. The van der Waals surface area contributed by atoms with Crippen molar-refractivity contribution < 1.29 is 14.3 Å². The Morgan fingerprint density at radius 3 is 2.68 bits per heavy atom. The molecule has 104 valence electrons. The van der Waals surface area contributed by atoms with E-state index >= 15 is 0 Å². The number of carboxylic acid groups (broad SMARTS) is 1. The molecular weight excluding hydrogens is 313 g/mol. The number of hydrogen-bond donors (Lipinski definition) is 2. The zero-order valence-electron chi connectivity index (χ0n) is 10.5. The van der Waals surface area contributed by atoms with Crippen molar-refractivity contribution >= 4 is 21.9 Å². The Balaban J connectivity index is 2.19. The molecule has 0 amide bonds. The Labute approximate surface area is 120 Å². The fourth-order valence-electron chi connectivity index (χ4n) is 2.53.